The zero-order valence-electron chi connectivity index (χ0n) is 15.9. The van der Waals surface area contributed by atoms with Gasteiger partial charge in [0.2, 0.25) is 0 Å². The third kappa shape index (κ3) is 8.56. The molecule has 0 aliphatic carbocycles. The van der Waals surface area contributed by atoms with E-state index < -0.39 is 5.60 Å². The molecule has 2 N–H and O–H groups in total. The van der Waals surface area contributed by atoms with Gasteiger partial charge in [0.25, 0.3) is 0 Å². The summed E-state index contributed by atoms with van der Waals surface area (Å²) in [5, 5.41) is 6.62. The third-order valence-corrected chi connectivity index (χ3v) is 4.47. The maximum atomic E-state index is 11.8. The lowest BCUT2D eigenvalue weighted by Crippen LogP contribution is -2.48. The molecule has 23 heavy (non-hydrogen) atoms. The monoisotopic (exact) mass is 327 g/mol. The Morgan fingerprint density at radius 2 is 2.00 bits per heavy atom. The van der Waals surface area contributed by atoms with Crippen LogP contribution in [0.25, 0.3) is 0 Å². The highest BCUT2D eigenvalue weighted by Gasteiger charge is 2.22. The second kappa shape index (κ2) is 9.48. The molecule has 1 saturated heterocycles. The number of likely N-dealkylation sites (N-methyl/N-ethyl adjacent to an activating group) is 1. The normalized spacial score (nSPS) is 21.3. The van der Waals surface area contributed by atoms with Gasteiger partial charge in [-0.25, -0.2) is 4.79 Å². The summed E-state index contributed by atoms with van der Waals surface area (Å²) in [6.07, 6.45) is 2.20. The van der Waals surface area contributed by atoms with Gasteiger partial charge in [0.1, 0.15) is 5.60 Å². The summed E-state index contributed by atoms with van der Waals surface area (Å²) in [4.78, 5) is 14.3. The van der Waals surface area contributed by atoms with Gasteiger partial charge in [-0.1, -0.05) is 20.8 Å². The van der Waals surface area contributed by atoms with Gasteiger partial charge in [-0.05, 0) is 58.5 Å². The number of nitrogens with zero attached hydrogens (tertiary/aromatic N) is 1. The summed E-state index contributed by atoms with van der Waals surface area (Å²) in [5.74, 6) is 0.933. The largest absolute Gasteiger partial charge is 0.444 e. The summed E-state index contributed by atoms with van der Waals surface area (Å²) in [7, 11) is 0. The van der Waals surface area contributed by atoms with Crippen LogP contribution in [0.15, 0.2) is 0 Å². The van der Waals surface area contributed by atoms with Gasteiger partial charge in [-0.2, -0.15) is 0 Å². The molecule has 1 heterocycles. The SMILES string of the molecule is CCN1CCCC(NCC(CNC(=O)OC(C)(C)C)C(C)C)C1. The Morgan fingerprint density at radius 1 is 1.30 bits per heavy atom. The topological polar surface area (TPSA) is 53.6 Å². The van der Waals surface area contributed by atoms with E-state index in [1.54, 1.807) is 0 Å². The van der Waals surface area contributed by atoms with Crippen molar-refractivity contribution in [3.63, 3.8) is 0 Å². The number of alkyl carbamates (subject to hydrolysis) is 1. The first-order chi connectivity index (χ1) is 10.7. The Hall–Kier alpha value is -0.810. The van der Waals surface area contributed by atoms with E-state index in [4.69, 9.17) is 4.74 Å². The van der Waals surface area contributed by atoms with Crippen molar-refractivity contribution in [2.24, 2.45) is 11.8 Å². The summed E-state index contributed by atoms with van der Waals surface area (Å²) >= 11 is 0. The first-order valence-corrected chi connectivity index (χ1v) is 9.13. The molecule has 0 aromatic rings. The van der Waals surface area contributed by atoms with Gasteiger partial charge in [-0.15, -0.1) is 0 Å². The molecule has 0 bridgehead atoms. The van der Waals surface area contributed by atoms with E-state index in [1.165, 1.54) is 19.4 Å². The Morgan fingerprint density at radius 3 is 2.57 bits per heavy atom. The third-order valence-electron chi connectivity index (χ3n) is 4.47. The molecule has 1 aliphatic heterocycles. The molecule has 1 fully saturated rings. The molecule has 1 amide bonds. The van der Waals surface area contributed by atoms with Crippen LogP contribution in [-0.4, -0.2) is 55.4 Å². The molecule has 1 aliphatic rings. The van der Waals surface area contributed by atoms with Gasteiger partial charge >= 0.3 is 6.09 Å². The average Bonchev–Trinajstić information content (AvgIpc) is 2.45. The lowest BCUT2D eigenvalue weighted by Gasteiger charge is -2.34. The Bertz CT molecular complexity index is 353. The van der Waals surface area contributed by atoms with Crippen molar-refractivity contribution in [1.82, 2.24) is 15.5 Å². The summed E-state index contributed by atoms with van der Waals surface area (Å²) in [6, 6.07) is 0.575. The minimum Gasteiger partial charge on any atom is -0.444 e. The number of rotatable bonds is 7. The minimum atomic E-state index is -0.443. The molecule has 0 radical (unpaired) electrons. The van der Waals surface area contributed by atoms with Gasteiger partial charge in [-0.3, -0.25) is 0 Å². The fourth-order valence-electron chi connectivity index (χ4n) is 2.90. The Kier molecular flexibility index (Phi) is 8.34. The van der Waals surface area contributed by atoms with Crippen LogP contribution in [0, 0.1) is 11.8 Å². The molecule has 0 spiro atoms. The van der Waals surface area contributed by atoms with Crippen LogP contribution in [-0.2, 0) is 4.74 Å². The van der Waals surface area contributed by atoms with Gasteiger partial charge in [0.05, 0.1) is 0 Å². The number of ether oxygens (including phenoxy) is 1. The number of nitrogens with one attached hydrogen (secondary N) is 2. The number of carbonyl (C=O) groups excluding carboxylic acids is 1. The van der Waals surface area contributed by atoms with Gasteiger partial charge in [0, 0.05) is 25.7 Å². The second-order valence-electron chi connectivity index (χ2n) is 8.03. The van der Waals surface area contributed by atoms with Crippen molar-refractivity contribution in [2.75, 3.05) is 32.7 Å². The maximum Gasteiger partial charge on any atom is 0.407 e. The number of amides is 1. The molecule has 2 unspecified atom stereocenters. The van der Waals surface area contributed by atoms with E-state index in [1.807, 2.05) is 20.8 Å². The van der Waals surface area contributed by atoms with Crippen LogP contribution >= 0.6 is 0 Å². The molecule has 136 valence electrons. The molecule has 2 atom stereocenters. The molecular weight excluding hydrogens is 290 g/mol. The number of carbonyl (C=O) groups is 1. The standard InChI is InChI=1S/C18H37N3O2/c1-7-21-10-8-9-16(13-21)19-11-15(14(2)3)12-20-17(22)23-18(4,5)6/h14-16,19H,7-13H2,1-6H3,(H,20,22). The van der Waals surface area contributed by atoms with Crippen LogP contribution in [0.4, 0.5) is 4.79 Å². The van der Waals surface area contributed by atoms with E-state index in [9.17, 15) is 4.79 Å². The zero-order valence-corrected chi connectivity index (χ0v) is 15.9. The lowest BCUT2D eigenvalue weighted by molar-refractivity contribution is 0.0514. The first-order valence-electron chi connectivity index (χ1n) is 9.13. The molecule has 5 nitrogen and oxygen atoms in total. The van der Waals surface area contributed by atoms with Crippen LogP contribution < -0.4 is 10.6 Å². The van der Waals surface area contributed by atoms with E-state index in [0.717, 1.165) is 19.6 Å². The summed E-state index contributed by atoms with van der Waals surface area (Å²) in [6.45, 7) is 17.4. The van der Waals surface area contributed by atoms with Crippen molar-refractivity contribution in [2.45, 2.75) is 66.0 Å². The molecule has 0 aromatic heterocycles. The zero-order chi connectivity index (χ0) is 17.5. The highest BCUT2D eigenvalue weighted by molar-refractivity contribution is 5.67. The van der Waals surface area contributed by atoms with E-state index in [0.29, 0.717) is 24.4 Å². The van der Waals surface area contributed by atoms with Crippen molar-refractivity contribution in [3.05, 3.63) is 0 Å². The highest BCUT2D eigenvalue weighted by atomic mass is 16.6. The van der Waals surface area contributed by atoms with Crippen LogP contribution in [0.2, 0.25) is 0 Å². The fraction of sp³-hybridized carbons (Fsp3) is 0.944. The fourth-order valence-corrected chi connectivity index (χ4v) is 2.90. The van der Waals surface area contributed by atoms with Gasteiger partial charge < -0.3 is 20.3 Å². The number of hydrogen-bond donors (Lipinski definition) is 2. The predicted octanol–water partition coefficient (Wildman–Crippen LogP) is 2.86. The first kappa shape index (κ1) is 20.2. The molecule has 5 heteroatoms. The summed E-state index contributed by atoms with van der Waals surface area (Å²) in [5.41, 5.74) is -0.443. The molecular formula is C18H37N3O2. The number of hydrogen-bond acceptors (Lipinski definition) is 4. The number of piperidine rings is 1. The minimum absolute atomic E-state index is 0.321. The van der Waals surface area contributed by atoms with Crippen molar-refractivity contribution >= 4 is 6.09 Å². The van der Waals surface area contributed by atoms with E-state index >= 15 is 0 Å². The smallest absolute Gasteiger partial charge is 0.407 e. The highest BCUT2D eigenvalue weighted by Crippen LogP contribution is 2.13. The Labute approximate surface area is 142 Å². The number of likely N-dealkylation sites (tertiary alicyclic amines) is 1. The molecule has 1 rings (SSSR count). The van der Waals surface area contributed by atoms with Crippen LogP contribution in [0.1, 0.15) is 54.4 Å². The van der Waals surface area contributed by atoms with Crippen molar-refractivity contribution < 1.29 is 9.53 Å². The lowest BCUT2D eigenvalue weighted by atomic mass is 9.95. The quantitative estimate of drug-likeness (QED) is 0.755. The van der Waals surface area contributed by atoms with E-state index in [2.05, 4.69) is 36.3 Å². The molecule has 0 saturated carbocycles. The summed E-state index contributed by atoms with van der Waals surface area (Å²) < 4.78 is 5.31. The second-order valence-corrected chi connectivity index (χ2v) is 8.03. The maximum absolute atomic E-state index is 11.8. The van der Waals surface area contributed by atoms with Crippen LogP contribution in [0.5, 0.6) is 0 Å². The van der Waals surface area contributed by atoms with Gasteiger partial charge in [0.15, 0.2) is 0 Å². The average molecular weight is 328 g/mol. The van der Waals surface area contributed by atoms with Crippen molar-refractivity contribution in [3.8, 4) is 0 Å². The van der Waals surface area contributed by atoms with Crippen molar-refractivity contribution in [1.29, 1.82) is 0 Å². The predicted molar refractivity (Wildman–Crippen MR) is 95.7 cm³/mol. The van der Waals surface area contributed by atoms with Crippen LogP contribution in [0.3, 0.4) is 0 Å². The Balaban J connectivity index is 2.36. The molecule has 0 aromatic carbocycles. The van der Waals surface area contributed by atoms with E-state index in [-0.39, 0.29) is 6.09 Å².